The molecule has 74 valence electrons. The van der Waals surface area contributed by atoms with Gasteiger partial charge in [0.25, 0.3) is 0 Å². The van der Waals surface area contributed by atoms with Crippen LogP contribution >= 0.6 is 0 Å². The molecule has 1 rings (SSSR count). The van der Waals surface area contributed by atoms with E-state index >= 15 is 0 Å². The fourth-order valence-corrected chi connectivity index (χ4v) is 1.42. The maximum Gasteiger partial charge on any atom is 0.317 e. The van der Waals surface area contributed by atoms with Crippen LogP contribution in [0.4, 0.5) is 0 Å². The molecule has 5 heteroatoms. The number of likely N-dealkylation sites (N-methyl/N-ethyl adjacent to an activating group) is 1. The number of amides is 1. The van der Waals surface area contributed by atoms with Crippen LogP contribution in [0, 0.1) is 0 Å². The molecule has 0 aliphatic carbocycles. The van der Waals surface area contributed by atoms with Crippen LogP contribution in [-0.4, -0.2) is 59.5 Å². The molecule has 0 spiro atoms. The Morgan fingerprint density at radius 3 is 2.69 bits per heavy atom. The van der Waals surface area contributed by atoms with Crippen LogP contribution in [0.2, 0.25) is 0 Å². The Hall–Kier alpha value is -1.10. The SMILES string of the molecule is CCN1CCN(CC(=O)O)CC1=O. The number of rotatable bonds is 3. The van der Waals surface area contributed by atoms with Crippen molar-refractivity contribution in [1.29, 1.82) is 0 Å². The van der Waals surface area contributed by atoms with Gasteiger partial charge in [-0.25, -0.2) is 0 Å². The van der Waals surface area contributed by atoms with Gasteiger partial charge < -0.3 is 10.0 Å². The van der Waals surface area contributed by atoms with Crippen LogP contribution < -0.4 is 0 Å². The molecule has 1 N–H and O–H groups in total. The zero-order valence-corrected chi connectivity index (χ0v) is 7.69. The topological polar surface area (TPSA) is 60.9 Å². The Balaban J connectivity index is 2.41. The van der Waals surface area contributed by atoms with Gasteiger partial charge in [0.15, 0.2) is 0 Å². The van der Waals surface area contributed by atoms with Crippen molar-refractivity contribution in [3.8, 4) is 0 Å². The Morgan fingerprint density at radius 2 is 2.23 bits per heavy atom. The summed E-state index contributed by atoms with van der Waals surface area (Å²) in [5.41, 5.74) is 0. The fraction of sp³-hybridized carbons (Fsp3) is 0.750. The van der Waals surface area contributed by atoms with Gasteiger partial charge in [-0.05, 0) is 6.92 Å². The van der Waals surface area contributed by atoms with E-state index in [0.29, 0.717) is 19.6 Å². The van der Waals surface area contributed by atoms with Gasteiger partial charge in [-0.2, -0.15) is 0 Å². The summed E-state index contributed by atoms with van der Waals surface area (Å²) in [6, 6.07) is 0. The number of hydrogen-bond acceptors (Lipinski definition) is 3. The summed E-state index contributed by atoms with van der Waals surface area (Å²) >= 11 is 0. The minimum Gasteiger partial charge on any atom is -0.480 e. The molecular formula is C8H14N2O3. The standard InChI is InChI=1S/C8H14N2O3/c1-2-10-4-3-9(5-7(10)11)6-8(12)13/h2-6H2,1H3,(H,12,13). The van der Waals surface area contributed by atoms with Crippen LogP contribution in [-0.2, 0) is 9.59 Å². The van der Waals surface area contributed by atoms with Crippen molar-refractivity contribution in [3.63, 3.8) is 0 Å². The zero-order valence-electron chi connectivity index (χ0n) is 7.69. The van der Waals surface area contributed by atoms with E-state index in [1.165, 1.54) is 0 Å². The van der Waals surface area contributed by atoms with E-state index in [9.17, 15) is 9.59 Å². The highest BCUT2D eigenvalue weighted by Crippen LogP contribution is 2.01. The van der Waals surface area contributed by atoms with Crippen molar-refractivity contribution in [3.05, 3.63) is 0 Å². The van der Waals surface area contributed by atoms with Gasteiger partial charge in [-0.3, -0.25) is 14.5 Å². The predicted octanol–water partition coefficient (Wildman–Crippen LogP) is -0.765. The first-order valence-electron chi connectivity index (χ1n) is 4.35. The fourth-order valence-electron chi connectivity index (χ4n) is 1.42. The van der Waals surface area contributed by atoms with Crippen LogP contribution in [0.3, 0.4) is 0 Å². The summed E-state index contributed by atoms with van der Waals surface area (Å²) in [7, 11) is 0. The highest BCUT2D eigenvalue weighted by Gasteiger charge is 2.23. The highest BCUT2D eigenvalue weighted by molar-refractivity contribution is 5.80. The van der Waals surface area contributed by atoms with Gasteiger partial charge in [0.2, 0.25) is 5.91 Å². The molecule has 13 heavy (non-hydrogen) atoms. The third-order valence-electron chi connectivity index (χ3n) is 2.14. The summed E-state index contributed by atoms with van der Waals surface area (Å²) in [5, 5.41) is 8.51. The molecule has 5 nitrogen and oxygen atoms in total. The highest BCUT2D eigenvalue weighted by atomic mass is 16.4. The predicted molar refractivity (Wildman–Crippen MR) is 46.3 cm³/mol. The van der Waals surface area contributed by atoms with Crippen LogP contribution in [0.5, 0.6) is 0 Å². The monoisotopic (exact) mass is 186 g/mol. The molecule has 0 aromatic heterocycles. The summed E-state index contributed by atoms with van der Waals surface area (Å²) in [6.45, 7) is 4.13. The number of carbonyl (C=O) groups is 2. The van der Waals surface area contributed by atoms with Crippen molar-refractivity contribution in [1.82, 2.24) is 9.80 Å². The Bertz CT molecular complexity index is 217. The molecule has 1 saturated heterocycles. The van der Waals surface area contributed by atoms with E-state index in [-0.39, 0.29) is 19.0 Å². The first-order chi connectivity index (χ1) is 6.13. The second kappa shape index (κ2) is 4.23. The third-order valence-corrected chi connectivity index (χ3v) is 2.14. The molecule has 0 bridgehead atoms. The summed E-state index contributed by atoms with van der Waals surface area (Å²) in [6.07, 6.45) is 0. The Kier molecular flexibility index (Phi) is 3.25. The number of nitrogens with zero attached hydrogens (tertiary/aromatic N) is 2. The number of carboxylic acids is 1. The second-order valence-corrected chi connectivity index (χ2v) is 3.08. The zero-order chi connectivity index (χ0) is 9.84. The number of carbonyl (C=O) groups excluding carboxylic acids is 1. The molecule has 0 radical (unpaired) electrons. The lowest BCUT2D eigenvalue weighted by molar-refractivity contribution is -0.142. The van der Waals surface area contributed by atoms with Gasteiger partial charge in [-0.1, -0.05) is 0 Å². The summed E-state index contributed by atoms with van der Waals surface area (Å²) < 4.78 is 0. The number of aliphatic carboxylic acids is 1. The van der Waals surface area contributed by atoms with Crippen LogP contribution in [0.25, 0.3) is 0 Å². The number of carboxylic acid groups (broad SMARTS) is 1. The first kappa shape index (κ1) is 9.98. The van der Waals surface area contributed by atoms with Gasteiger partial charge in [0.05, 0.1) is 13.1 Å². The third kappa shape index (κ3) is 2.69. The largest absolute Gasteiger partial charge is 0.480 e. The van der Waals surface area contributed by atoms with E-state index in [2.05, 4.69) is 0 Å². The van der Waals surface area contributed by atoms with E-state index in [1.54, 1.807) is 9.80 Å². The maximum atomic E-state index is 11.3. The number of piperazine rings is 1. The van der Waals surface area contributed by atoms with Crippen molar-refractivity contribution < 1.29 is 14.7 Å². The van der Waals surface area contributed by atoms with Crippen molar-refractivity contribution in [2.75, 3.05) is 32.7 Å². The van der Waals surface area contributed by atoms with Gasteiger partial charge in [0.1, 0.15) is 0 Å². The minimum atomic E-state index is -0.877. The van der Waals surface area contributed by atoms with Gasteiger partial charge in [-0.15, -0.1) is 0 Å². The minimum absolute atomic E-state index is 0.0231. The molecule has 1 aliphatic heterocycles. The van der Waals surface area contributed by atoms with E-state index in [0.717, 1.165) is 0 Å². The lowest BCUT2D eigenvalue weighted by Crippen LogP contribution is -2.51. The molecule has 0 aromatic carbocycles. The average Bonchev–Trinajstić information content (AvgIpc) is 2.03. The van der Waals surface area contributed by atoms with Gasteiger partial charge >= 0.3 is 5.97 Å². The molecule has 1 heterocycles. The molecule has 0 atom stereocenters. The number of hydrogen-bond donors (Lipinski definition) is 1. The van der Waals surface area contributed by atoms with Crippen molar-refractivity contribution in [2.24, 2.45) is 0 Å². The molecular weight excluding hydrogens is 172 g/mol. The molecule has 1 amide bonds. The lowest BCUT2D eigenvalue weighted by atomic mass is 10.3. The second-order valence-electron chi connectivity index (χ2n) is 3.08. The van der Waals surface area contributed by atoms with Crippen LogP contribution in [0.15, 0.2) is 0 Å². The molecule has 0 unspecified atom stereocenters. The molecule has 1 fully saturated rings. The van der Waals surface area contributed by atoms with Crippen LogP contribution in [0.1, 0.15) is 6.92 Å². The van der Waals surface area contributed by atoms with Crippen molar-refractivity contribution >= 4 is 11.9 Å². The Morgan fingerprint density at radius 1 is 1.54 bits per heavy atom. The van der Waals surface area contributed by atoms with E-state index in [4.69, 9.17) is 5.11 Å². The Labute approximate surface area is 76.9 Å². The summed E-state index contributed by atoms with van der Waals surface area (Å²) in [5.74, 6) is -0.854. The average molecular weight is 186 g/mol. The first-order valence-corrected chi connectivity index (χ1v) is 4.35. The molecule has 0 saturated carbocycles. The van der Waals surface area contributed by atoms with Crippen molar-refractivity contribution in [2.45, 2.75) is 6.92 Å². The van der Waals surface area contributed by atoms with E-state index in [1.807, 2.05) is 6.92 Å². The quantitative estimate of drug-likeness (QED) is 0.629. The van der Waals surface area contributed by atoms with Gasteiger partial charge in [0, 0.05) is 19.6 Å². The molecule has 1 aliphatic rings. The smallest absolute Gasteiger partial charge is 0.317 e. The maximum absolute atomic E-state index is 11.3. The molecule has 0 aromatic rings. The normalized spacial score (nSPS) is 19.2. The lowest BCUT2D eigenvalue weighted by Gasteiger charge is -2.32. The van der Waals surface area contributed by atoms with E-state index < -0.39 is 5.97 Å². The summed E-state index contributed by atoms with van der Waals surface area (Å²) in [4.78, 5) is 25.1.